The fourth-order valence-corrected chi connectivity index (χ4v) is 3.28. The Kier molecular flexibility index (Phi) is 7.25. The van der Waals surface area contributed by atoms with Crippen molar-refractivity contribution >= 4 is 41.7 Å². The number of hydrogen-bond acceptors (Lipinski definition) is 5. The van der Waals surface area contributed by atoms with Gasteiger partial charge in [-0.05, 0) is 27.7 Å². The van der Waals surface area contributed by atoms with Crippen molar-refractivity contribution in [3.05, 3.63) is 11.7 Å². The normalized spacial score (nSPS) is 18.3. The maximum Gasteiger partial charge on any atom is 0.248 e. The molecule has 1 fully saturated rings. The Bertz CT molecular complexity index is 477. The van der Waals surface area contributed by atoms with Gasteiger partial charge >= 0.3 is 0 Å². The second-order valence-electron chi connectivity index (χ2n) is 5.44. The second kappa shape index (κ2) is 8.21. The lowest BCUT2D eigenvalue weighted by molar-refractivity contribution is 0.365. The van der Waals surface area contributed by atoms with E-state index in [4.69, 9.17) is 4.52 Å². The zero-order valence-electron chi connectivity index (χ0n) is 13.0. The summed E-state index contributed by atoms with van der Waals surface area (Å²) in [7, 11) is 0. The molecule has 0 spiro atoms. The number of aliphatic imine (C=N–C) groups is 1. The molecule has 2 heterocycles. The van der Waals surface area contributed by atoms with Gasteiger partial charge in [0, 0.05) is 30.1 Å². The monoisotopic (exact) mass is 425 g/mol. The zero-order valence-corrected chi connectivity index (χ0v) is 16.2. The van der Waals surface area contributed by atoms with Crippen LogP contribution in [0.2, 0.25) is 0 Å². The van der Waals surface area contributed by atoms with Gasteiger partial charge in [-0.2, -0.15) is 16.7 Å². The first-order valence-electron chi connectivity index (χ1n) is 6.96. The van der Waals surface area contributed by atoms with Crippen molar-refractivity contribution in [2.45, 2.75) is 39.0 Å². The van der Waals surface area contributed by atoms with Crippen LogP contribution in [0.4, 0.5) is 0 Å². The standard InChI is InChI=1S/C13H23N5OS.HI/c1-5-14-12(15-8-11-16-10(2)17-19-11)18-6-7-20-13(3,4)9-18;/h5-9H2,1-4H3,(H,14,15);1H. The Morgan fingerprint density at radius 3 is 2.86 bits per heavy atom. The van der Waals surface area contributed by atoms with Crippen LogP contribution in [-0.4, -0.2) is 51.1 Å². The minimum Gasteiger partial charge on any atom is -0.357 e. The van der Waals surface area contributed by atoms with E-state index in [1.165, 1.54) is 0 Å². The average molecular weight is 425 g/mol. The topological polar surface area (TPSA) is 66.5 Å². The summed E-state index contributed by atoms with van der Waals surface area (Å²) in [5, 5.41) is 7.13. The van der Waals surface area contributed by atoms with Gasteiger partial charge in [-0.3, -0.25) is 0 Å². The fraction of sp³-hybridized carbons (Fsp3) is 0.769. The Balaban J connectivity index is 0.00000220. The summed E-state index contributed by atoms with van der Waals surface area (Å²) in [6.07, 6.45) is 0. The van der Waals surface area contributed by atoms with Crippen LogP contribution in [0.25, 0.3) is 0 Å². The number of halogens is 1. The van der Waals surface area contributed by atoms with Crippen LogP contribution >= 0.6 is 35.7 Å². The van der Waals surface area contributed by atoms with Crippen LogP contribution in [0, 0.1) is 6.92 Å². The highest BCUT2D eigenvalue weighted by molar-refractivity contribution is 14.0. The lowest BCUT2D eigenvalue weighted by atomic mass is 10.2. The number of hydrogen-bond donors (Lipinski definition) is 1. The van der Waals surface area contributed by atoms with E-state index in [0.717, 1.165) is 31.3 Å². The van der Waals surface area contributed by atoms with E-state index < -0.39 is 0 Å². The first-order chi connectivity index (χ1) is 9.50. The van der Waals surface area contributed by atoms with Gasteiger partial charge in [0.2, 0.25) is 5.89 Å². The predicted molar refractivity (Wildman–Crippen MR) is 97.4 cm³/mol. The molecule has 8 heteroatoms. The molecule has 1 aliphatic heterocycles. The van der Waals surface area contributed by atoms with E-state index in [9.17, 15) is 0 Å². The zero-order chi connectivity index (χ0) is 14.6. The molecule has 0 aliphatic carbocycles. The highest BCUT2D eigenvalue weighted by Crippen LogP contribution is 2.29. The van der Waals surface area contributed by atoms with E-state index in [2.05, 4.69) is 46.1 Å². The first-order valence-corrected chi connectivity index (χ1v) is 7.95. The minimum atomic E-state index is 0. The molecule has 0 saturated carbocycles. The molecule has 2 rings (SSSR count). The van der Waals surface area contributed by atoms with E-state index in [-0.39, 0.29) is 28.7 Å². The molecular formula is C13H24IN5OS. The number of aromatic nitrogens is 2. The first kappa shape index (κ1) is 18.5. The quantitative estimate of drug-likeness (QED) is 0.456. The number of nitrogens with zero attached hydrogens (tertiary/aromatic N) is 4. The third-order valence-electron chi connectivity index (χ3n) is 2.99. The molecule has 1 N–H and O–H groups in total. The SMILES string of the molecule is CCNC(=NCc1nc(C)no1)N1CCSC(C)(C)C1.I. The highest BCUT2D eigenvalue weighted by atomic mass is 127. The molecule has 0 aromatic carbocycles. The summed E-state index contributed by atoms with van der Waals surface area (Å²) in [5.74, 6) is 3.26. The Hall–Kier alpha value is -0.510. The van der Waals surface area contributed by atoms with Crippen molar-refractivity contribution in [2.75, 3.05) is 25.4 Å². The summed E-state index contributed by atoms with van der Waals surface area (Å²) < 4.78 is 5.36. The number of thioether (sulfide) groups is 1. The summed E-state index contributed by atoms with van der Waals surface area (Å²) in [5.41, 5.74) is 0. The summed E-state index contributed by atoms with van der Waals surface area (Å²) in [6, 6.07) is 0. The molecule has 120 valence electrons. The lowest BCUT2D eigenvalue weighted by Crippen LogP contribution is -2.50. The molecule has 0 unspecified atom stereocenters. The molecule has 0 bridgehead atoms. The van der Waals surface area contributed by atoms with E-state index in [1.807, 2.05) is 18.7 Å². The van der Waals surface area contributed by atoms with Crippen molar-refractivity contribution < 1.29 is 4.52 Å². The maximum atomic E-state index is 5.10. The van der Waals surface area contributed by atoms with Crippen molar-refractivity contribution in [1.29, 1.82) is 0 Å². The predicted octanol–water partition coefficient (Wildman–Crippen LogP) is 2.29. The number of guanidine groups is 1. The van der Waals surface area contributed by atoms with Gasteiger partial charge in [-0.15, -0.1) is 24.0 Å². The van der Waals surface area contributed by atoms with Crippen LogP contribution in [0.3, 0.4) is 0 Å². The van der Waals surface area contributed by atoms with Crippen molar-refractivity contribution in [3.8, 4) is 0 Å². The second-order valence-corrected chi connectivity index (χ2v) is 7.24. The highest BCUT2D eigenvalue weighted by Gasteiger charge is 2.28. The summed E-state index contributed by atoms with van der Waals surface area (Å²) in [4.78, 5) is 11.1. The van der Waals surface area contributed by atoms with Gasteiger partial charge in [0.1, 0.15) is 6.54 Å². The van der Waals surface area contributed by atoms with Crippen LogP contribution in [0.1, 0.15) is 32.5 Å². The lowest BCUT2D eigenvalue weighted by Gasteiger charge is -2.39. The molecule has 0 amide bonds. The molecule has 0 atom stereocenters. The third kappa shape index (κ3) is 5.65. The molecule has 6 nitrogen and oxygen atoms in total. The fourth-order valence-electron chi connectivity index (χ4n) is 2.17. The van der Waals surface area contributed by atoms with Crippen molar-refractivity contribution in [1.82, 2.24) is 20.4 Å². The largest absolute Gasteiger partial charge is 0.357 e. The molecule has 1 aromatic rings. The number of rotatable bonds is 3. The maximum absolute atomic E-state index is 5.10. The molecule has 1 aromatic heterocycles. The van der Waals surface area contributed by atoms with Gasteiger partial charge in [-0.25, -0.2) is 4.99 Å². The Morgan fingerprint density at radius 2 is 2.29 bits per heavy atom. The average Bonchev–Trinajstić information content (AvgIpc) is 2.79. The van der Waals surface area contributed by atoms with Gasteiger partial charge in [0.25, 0.3) is 0 Å². The molecule has 1 aliphatic rings. The van der Waals surface area contributed by atoms with Crippen LogP contribution in [0.15, 0.2) is 9.52 Å². The minimum absolute atomic E-state index is 0. The van der Waals surface area contributed by atoms with Crippen LogP contribution in [-0.2, 0) is 6.54 Å². The molecule has 0 radical (unpaired) electrons. The Morgan fingerprint density at radius 1 is 1.52 bits per heavy atom. The van der Waals surface area contributed by atoms with E-state index in [0.29, 0.717) is 18.3 Å². The van der Waals surface area contributed by atoms with E-state index >= 15 is 0 Å². The molecule has 1 saturated heterocycles. The number of nitrogens with one attached hydrogen (secondary N) is 1. The number of aryl methyl sites for hydroxylation is 1. The molecule has 21 heavy (non-hydrogen) atoms. The van der Waals surface area contributed by atoms with Gasteiger partial charge in [-0.1, -0.05) is 5.16 Å². The van der Waals surface area contributed by atoms with Gasteiger partial charge < -0.3 is 14.7 Å². The summed E-state index contributed by atoms with van der Waals surface area (Å²) in [6.45, 7) is 11.7. The smallest absolute Gasteiger partial charge is 0.248 e. The van der Waals surface area contributed by atoms with Gasteiger partial charge in [0.05, 0.1) is 0 Å². The van der Waals surface area contributed by atoms with Crippen LogP contribution in [0.5, 0.6) is 0 Å². The summed E-state index contributed by atoms with van der Waals surface area (Å²) >= 11 is 2.01. The van der Waals surface area contributed by atoms with Crippen molar-refractivity contribution in [2.24, 2.45) is 4.99 Å². The third-order valence-corrected chi connectivity index (χ3v) is 4.29. The van der Waals surface area contributed by atoms with Crippen LogP contribution < -0.4 is 5.32 Å². The molecular weight excluding hydrogens is 401 g/mol. The van der Waals surface area contributed by atoms with Crippen molar-refractivity contribution in [3.63, 3.8) is 0 Å². The van der Waals surface area contributed by atoms with Gasteiger partial charge in [0.15, 0.2) is 11.8 Å². The van der Waals surface area contributed by atoms with E-state index in [1.54, 1.807) is 0 Å². The Labute approximate surface area is 147 Å².